The number of unbranched alkanes of at least 4 members (excludes halogenated alkanes) is 3. The molecule has 1 unspecified atom stereocenters. The molecule has 21 heavy (non-hydrogen) atoms. The first-order valence-corrected chi connectivity index (χ1v) is 7.49. The van der Waals surface area contributed by atoms with Gasteiger partial charge in [0.05, 0.1) is 6.04 Å². The van der Waals surface area contributed by atoms with Crippen LogP contribution in [0.4, 0.5) is 4.79 Å². The fraction of sp³-hybridized carbons (Fsp3) is 0.500. The van der Waals surface area contributed by atoms with Crippen LogP contribution < -0.4 is 5.32 Å². The van der Waals surface area contributed by atoms with Gasteiger partial charge in [-0.1, -0.05) is 43.2 Å². The Hall–Kier alpha value is -2.04. The zero-order chi connectivity index (χ0) is 15.1. The Labute approximate surface area is 125 Å². The quantitative estimate of drug-likeness (QED) is 0.723. The molecule has 1 heterocycles. The van der Waals surface area contributed by atoms with Gasteiger partial charge in [0.1, 0.15) is 0 Å². The van der Waals surface area contributed by atoms with Gasteiger partial charge >= 0.3 is 12.0 Å². The predicted octanol–water partition coefficient (Wildman–Crippen LogP) is 2.79. The van der Waals surface area contributed by atoms with Gasteiger partial charge < -0.3 is 15.3 Å². The van der Waals surface area contributed by atoms with Crippen molar-refractivity contribution in [2.24, 2.45) is 0 Å². The largest absolute Gasteiger partial charge is 0.481 e. The highest BCUT2D eigenvalue weighted by Gasteiger charge is 2.30. The molecule has 1 fully saturated rings. The van der Waals surface area contributed by atoms with E-state index in [4.69, 9.17) is 5.11 Å². The molecule has 2 amide bonds. The first-order valence-electron chi connectivity index (χ1n) is 7.49. The fourth-order valence-electron chi connectivity index (χ4n) is 2.68. The van der Waals surface area contributed by atoms with Crippen molar-refractivity contribution in [2.45, 2.75) is 38.1 Å². The molecule has 0 bridgehead atoms. The van der Waals surface area contributed by atoms with Crippen LogP contribution in [-0.4, -0.2) is 35.1 Å². The van der Waals surface area contributed by atoms with Gasteiger partial charge in [-0.2, -0.15) is 0 Å². The van der Waals surface area contributed by atoms with Crippen molar-refractivity contribution >= 4 is 12.0 Å². The average Bonchev–Trinajstić information content (AvgIpc) is 2.84. The van der Waals surface area contributed by atoms with Gasteiger partial charge in [0.25, 0.3) is 0 Å². The molecule has 0 radical (unpaired) electrons. The van der Waals surface area contributed by atoms with E-state index in [1.54, 1.807) is 0 Å². The Kier molecular flexibility index (Phi) is 5.60. The van der Waals surface area contributed by atoms with E-state index in [0.717, 1.165) is 31.4 Å². The third kappa shape index (κ3) is 4.48. The van der Waals surface area contributed by atoms with Gasteiger partial charge in [-0.3, -0.25) is 4.79 Å². The van der Waals surface area contributed by atoms with Gasteiger partial charge in [0, 0.05) is 19.5 Å². The minimum atomic E-state index is -0.738. The molecule has 1 aliphatic rings. The molecule has 1 aliphatic heterocycles. The van der Waals surface area contributed by atoms with E-state index in [9.17, 15) is 9.59 Å². The minimum absolute atomic E-state index is 0.00520. The molecule has 1 aromatic rings. The van der Waals surface area contributed by atoms with Crippen molar-refractivity contribution in [1.29, 1.82) is 0 Å². The molecule has 1 saturated heterocycles. The highest BCUT2D eigenvalue weighted by molar-refractivity contribution is 5.77. The van der Waals surface area contributed by atoms with Gasteiger partial charge in [-0.25, -0.2) is 4.79 Å². The Morgan fingerprint density at radius 3 is 2.62 bits per heavy atom. The number of nitrogens with one attached hydrogen (secondary N) is 1. The number of urea groups is 1. The lowest BCUT2D eigenvalue weighted by Crippen LogP contribution is -2.30. The monoisotopic (exact) mass is 290 g/mol. The van der Waals surface area contributed by atoms with Crippen LogP contribution in [0.5, 0.6) is 0 Å². The van der Waals surface area contributed by atoms with Gasteiger partial charge in [-0.05, 0) is 18.4 Å². The molecule has 1 aromatic carbocycles. The second-order valence-electron chi connectivity index (χ2n) is 5.36. The number of benzene rings is 1. The molecule has 5 nitrogen and oxygen atoms in total. The van der Waals surface area contributed by atoms with Crippen molar-refractivity contribution in [1.82, 2.24) is 10.2 Å². The predicted molar refractivity (Wildman–Crippen MR) is 80.0 cm³/mol. The lowest BCUT2D eigenvalue weighted by atomic mass is 10.1. The number of carbonyl (C=O) groups is 2. The van der Waals surface area contributed by atoms with Crippen LogP contribution in [0.15, 0.2) is 30.3 Å². The summed E-state index contributed by atoms with van der Waals surface area (Å²) in [6, 6.07) is 10.1. The van der Waals surface area contributed by atoms with E-state index in [-0.39, 0.29) is 18.5 Å². The molecule has 0 aliphatic carbocycles. The molecule has 114 valence electrons. The van der Waals surface area contributed by atoms with E-state index >= 15 is 0 Å². The molecule has 0 spiro atoms. The van der Waals surface area contributed by atoms with E-state index in [2.05, 4.69) is 5.32 Å². The summed E-state index contributed by atoms with van der Waals surface area (Å²) in [5.41, 5.74) is 1.15. The van der Waals surface area contributed by atoms with Crippen LogP contribution in [0.3, 0.4) is 0 Å². The second-order valence-corrected chi connectivity index (χ2v) is 5.36. The van der Waals surface area contributed by atoms with Crippen molar-refractivity contribution < 1.29 is 14.7 Å². The van der Waals surface area contributed by atoms with Gasteiger partial charge in [0.15, 0.2) is 0 Å². The Morgan fingerprint density at radius 2 is 1.90 bits per heavy atom. The maximum absolute atomic E-state index is 11.9. The van der Waals surface area contributed by atoms with Crippen LogP contribution in [0.25, 0.3) is 0 Å². The van der Waals surface area contributed by atoms with Crippen molar-refractivity contribution in [2.75, 3.05) is 13.1 Å². The lowest BCUT2D eigenvalue weighted by Gasteiger charge is -2.23. The van der Waals surface area contributed by atoms with Crippen LogP contribution in [-0.2, 0) is 4.79 Å². The third-order valence-electron chi connectivity index (χ3n) is 3.81. The third-order valence-corrected chi connectivity index (χ3v) is 3.81. The number of carboxylic acid groups (broad SMARTS) is 1. The number of aliphatic carboxylic acids is 1. The number of carboxylic acids is 1. The van der Waals surface area contributed by atoms with Gasteiger partial charge in [0.2, 0.25) is 0 Å². The smallest absolute Gasteiger partial charge is 0.318 e. The standard InChI is InChI=1S/C16H22N2O3/c19-15(20)10-6-1-2-7-11-18-14(12-17-16(18)21)13-8-4-3-5-9-13/h3-5,8-9,14H,1-2,6-7,10-12H2,(H,17,21)(H,19,20). The van der Waals surface area contributed by atoms with Crippen LogP contribution in [0, 0.1) is 0 Å². The zero-order valence-electron chi connectivity index (χ0n) is 12.1. The van der Waals surface area contributed by atoms with E-state index < -0.39 is 5.97 Å². The topological polar surface area (TPSA) is 69.6 Å². The highest BCUT2D eigenvalue weighted by atomic mass is 16.4. The highest BCUT2D eigenvalue weighted by Crippen LogP contribution is 2.24. The molecule has 0 aromatic heterocycles. The number of hydrogen-bond acceptors (Lipinski definition) is 2. The fourth-order valence-corrected chi connectivity index (χ4v) is 2.68. The first kappa shape index (κ1) is 15.4. The average molecular weight is 290 g/mol. The van der Waals surface area contributed by atoms with Crippen molar-refractivity contribution in [3.05, 3.63) is 35.9 Å². The summed E-state index contributed by atoms with van der Waals surface area (Å²) < 4.78 is 0. The maximum atomic E-state index is 11.9. The second kappa shape index (κ2) is 7.67. The first-order chi connectivity index (χ1) is 10.2. The maximum Gasteiger partial charge on any atom is 0.318 e. The molecular weight excluding hydrogens is 268 g/mol. The molecule has 1 atom stereocenters. The summed E-state index contributed by atoms with van der Waals surface area (Å²) in [4.78, 5) is 24.2. The SMILES string of the molecule is O=C(O)CCCCCCN1C(=O)NCC1c1ccccc1. The molecule has 2 N–H and O–H groups in total. The van der Waals surface area contributed by atoms with Crippen LogP contribution in [0.1, 0.15) is 43.7 Å². The molecule has 2 rings (SSSR count). The summed E-state index contributed by atoms with van der Waals surface area (Å²) in [6.45, 7) is 1.38. The summed E-state index contributed by atoms with van der Waals surface area (Å²) in [5, 5.41) is 11.5. The molecule has 5 heteroatoms. The van der Waals surface area contributed by atoms with E-state index in [1.807, 2.05) is 35.2 Å². The Bertz CT molecular complexity index is 476. The van der Waals surface area contributed by atoms with Crippen molar-refractivity contribution in [3.63, 3.8) is 0 Å². The van der Waals surface area contributed by atoms with Gasteiger partial charge in [-0.15, -0.1) is 0 Å². The number of amides is 2. The summed E-state index contributed by atoms with van der Waals surface area (Å²) >= 11 is 0. The van der Waals surface area contributed by atoms with Crippen LogP contribution >= 0.6 is 0 Å². The number of rotatable bonds is 8. The number of carbonyl (C=O) groups excluding carboxylic acids is 1. The number of hydrogen-bond donors (Lipinski definition) is 2. The Balaban J connectivity index is 1.77. The lowest BCUT2D eigenvalue weighted by molar-refractivity contribution is -0.137. The van der Waals surface area contributed by atoms with E-state index in [0.29, 0.717) is 13.0 Å². The normalized spacial score (nSPS) is 17.8. The minimum Gasteiger partial charge on any atom is -0.481 e. The summed E-state index contributed by atoms with van der Waals surface area (Å²) in [5.74, 6) is -0.738. The summed E-state index contributed by atoms with van der Waals surface area (Å²) in [6.07, 6.45) is 3.72. The molecular formula is C16H22N2O3. The Morgan fingerprint density at radius 1 is 1.19 bits per heavy atom. The molecule has 0 saturated carbocycles. The zero-order valence-corrected chi connectivity index (χ0v) is 12.1. The van der Waals surface area contributed by atoms with E-state index in [1.165, 1.54) is 0 Å². The van der Waals surface area contributed by atoms with Crippen LogP contribution in [0.2, 0.25) is 0 Å². The number of nitrogens with zero attached hydrogens (tertiary/aromatic N) is 1. The van der Waals surface area contributed by atoms with Crippen molar-refractivity contribution in [3.8, 4) is 0 Å². The summed E-state index contributed by atoms with van der Waals surface area (Å²) in [7, 11) is 0.